The molecule has 0 N–H and O–H groups in total. The van der Waals surface area contributed by atoms with Gasteiger partial charge in [-0.3, -0.25) is 0 Å². The average Bonchev–Trinajstić information content (AvgIpc) is 2.71. The van der Waals surface area contributed by atoms with Crippen LogP contribution in [0.25, 0.3) is 0 Å². The molecule has 0 fully saturated rings. The molecule has 0 bridgehead atoms. The molecule has 0 atom stereocenters. The molecule has 0 aromatic heterocycles. The SMILES string of the molecule is C=CCc1ccccc1COC(=O)/C=C/C(=O)OCc1ccccc1CC=C. The summed E-state index contributed by atoms with van der Waals surface area (Å²) in [6, 6.07) is 15.3. The number of benzene rings is 2. The number of allylic oxidation sites excluding steroid dienone is 2. The molecule has 0 saturated heterocycles. The van der Waals surface area contributed by atoms with Gasteiger partial charge in [0.1, 0.15) is 13.2 Å². The highest BCUT2D eigenvalue weighted by Crippen LogP contribution is 2.12. The second-order valence-corrected chi connectivity index (χ2v) is 6.07. The predicted molar refractivity (Wildman–Crippen MR) is 109 cm³/mol. The summed E-state index contributed by atoms with van der Waals surface area (Å²) in [7, 11) is 0. The van der Waals surface area contributed by atoms with Crippen molar-refractivity contribution in [3.05, 3.63) is 108 Å². The van der Waals surface area contributed by atoms with Crippen LogP contribution in [0.3, 0.4) is 0 Å². The maximum atomic E-state index is 11.9. The Balaban J connectivity index is 1.83. The molecule has 0 spiro atoms. The van der Waals surface area contributed by atoms with Gasteiger partial charge in [0.25, 0.3) is 0 Å². The van der Waals surface area contributed by atoms with E-state index in [9.17, 15) is 9.59 Å². The molecule has 0 aliphatic heterocycles. The molecule has 4 heteroatoms. The third-order valence-electron chi connectivity index (χ3n) is 4.06. The fourth-order valence-corrected chi connectivity index (χ4v) is 2.64. The number of esters is 2. The normalized spacial score (nSPS) is 10.4. The fourth-order valence-electron chi connectivity index (χ4n) is 2.64. The van der Waals surface area contributed by atoms with Crippen molar-refractivity contribution >= 4 is 11.9 Å². The number of hydrogen-bond donors (Lipinski definition) is 0. The van der Waals surface area contributed by atoms with Crippen molar-refractivity contribution in [3.8, 4) is 0 Å². The highest BCUT2D eigenvalue weighted by Gasteiger charge is 2.06. The van der Waals surface area contributed by atoms with Gasteiger partial charge in [-0.05, 0) is 35.1 Å². The van der Waals surface area contributed by atoms with Crippen LogP contribution in [0.2, 0.25) is 0 Å². The Morgan fingerprint density at radius 1 is 0.679 bits per heavy atom. The zero-order chi connectivity index (χ0) is 20.2. The minimum Gasteiger partial charge on any atom is -0.458 e. The van der Waals surface area contributed by atoms with Gasteiger partial charge < -0.3 is 9.47 Å². The molecule has 2 rings (SSSR count). The van der Waals surface area contributed by atoms with E-state index in [0.717, 1.165) is 34.4 Å². The lowest BCUT2D eigenvalue weighted by molar-refractivity contribution is -0.141. The molecule has 0 aliphatic carbocycles. The van der Waals surface area contributed by atoms with Crippen LogP contribution in [0.4, 0.5) is 0 Å². The Morgan fingerprint density at radius 3 is 1.39 bits per heavy atom. The van der Waals surface area contributed by atoms with Gasteiger partial charge in [0, 0.05) is 12.2 Å². The number of carbonyl (C=O) groups is 2. The van der Waals surface area contributed by atoms with Crippen molar-refractivity contribution in [1.29, 1.82) is 0 Å². The predicted octanol–water partition coefficient (Wildman–Crippen LogP) is 4.49. The molecule has 0 saturated carbocycles. The van der Waals surface area contributed by atoms with E-state index in [0.29, 0.717) is 12.8 Å². The monoisotopic (exact) mass is 376 g/mol. The van der Waals surface area contributed by atoms with E-state index < -0.39 is 11.9 Å². The van der Waals surface area contributed by atoms with Crippen molar-refractivity contribution in [1.82, 2.24) is 0 Å². The average molecular weight is 376 g/mol. The van der Waals surface area contributed by atoms with Crippen molar-refractivity contribution < 1.29 is 19.1 Å². The lowest BCUT2D eigenvalue weighted by Crippen LogP contribution is -2.06. The first-order chi connectivity index (χ1) is 13.6. The topological polar surface area (TPSA) is 52.6 Å². The van der Waals surface area contributed by atoms with E-state index >= 15 is 0 Å². The van der Waals surface area contributed by atoms with Crippen LogP contribution >= 0.6 is 0 Å². The zero-order valence-electron chi connectivity index (χ0n) is 15.8. The molecule has 28 heavy (non-hydrogen) atoms. The third-order valence-corrected chi connectivity index (χ3v) is 4.06. The molecule has 0 radical (unpaired) electrons. The number of hydrogen-bond acceptors (Lipinski definition) is 4. The van der Waals surface area contributed by atoms with Gasteiger partial charge in [0.15, 0.2) is 0 Å². The Labute approximate surface area is 165 Å². The van der Waals surface area contributed by atoms with Gasteiger partial charge in [0.05, 0.1) is 0 Å². The molecule has 0 unspecified atom stereocenters. The van der Waals surface area contributed by atoms with E-state index in [-0.39, 0.29) is 13.2 Å². The molecule has 2 aromatic carbocycles. The highest BCUT2D eigenvalue weighted by molar-refractivity contribution is 5.91. The summed E-state index contributed by atoms with van der Waals surface area (Å²) in [4.78, 5) is 23.7. The Bertz CT molecular complexity index is 793. The second kappa shape index (κ2) is 11.3. The van der Waals surface area contributed by atoms with Crippen molar-refractivity contribution in [2.75, 3.05) is 0 Å². The van der Waals surface area contributed by atoms with Gasteiger partial charge in [-0.2, -0.15) is 0 Å². The summed E-state index contributed by atoms with van der Waals surface area (Å²) < 4.78 is 10.4. The van der Waals surface area contributed by atoms with Crippen LogP contribution < -0.4 is 0 Å². The van der Waals surface area contributed by atoms with E-state index in [1.54, 1.807) is 12.2 Å². The first-order valence-electron chi connectivity index (χ1n) is 9.01. The molecule has 2 aromatic rings. The van der Waals surface area contributed by atoms with Crippen molar-refractivity contribution in [3.63, 3.8) is 0 Å². The first kappa shape index (κ1) is 20.9. The van der Waals surface area contributed by atoms with Gasteiger partial charge >= 0.3 is 11.9 Å². The third kappa shape index (κ3) is 6.72. The van der Waals surface area contributed by atoms with E-state index in [1.807, 2.05) is 48.5 Å². The quantitative estimate of drug-likeness (QED) is 0.348. The molecule has 0 heterocycles. The summed E-state index contributed by atoms with van der Waals surface area (Å²) in [6.45, 7) is 7.71. The maximum Gasteiger partial charge on any atom is 0.331 e. The van der Waals surface area contributed by atoms with Crippen molar-refractivity contribution in [2.45, 2.75) is 26.1 Å². The zero-order valence-corrected chi connectivity index (χ0v) is 15.8. The molecule has 4 nitrogen and oxygen atoms in total. The summed E-state index contributed by atoms with van der Waals surface area (Å²) in [5, 5.41) is 0. The second-order valence-electron chi connectivity index (χ2n) is 6.07. The standard InChI is InChI=1S/C24H24O4/c1-3-9-19-11-5-7-13-21(19)17-27-23(25)15-16-24(26)28-18-22-14-8-6-12-20(22)10-4-2/h3-8,11-16H,1-2,9-10,17-18H2/b16-15+. The van der Waals surface area contributed by atoms with Gasteiger partial charge in [-0.1, -0.05) is 60.7 Å². The molecule has 0 aliphatic rings. The Morgan fingerprint density at radius 2 is 1.04 bits per heavy atom. The van der Waals surface area contributed by atoms with Crippen LogP contribution in [0.5, 0.6) is 0 Å². The first-order valence-corrected chi connectivity index (χ1v) is 9.01. The minimum atomic E-state index is -0.600. The Hall–Kier alpha value is -3.40. The number of rotatable bonds is 10. The van der Waals surface area contributed by atoms with Gasteiger partial charge in [0.2, 0.25) is 0 Å². The summed E-state index contributed by atoms with van der Waals surface area (Å²) in [6.07, 6.45) is 7.14. The largest absolute Gasteiger partial charge is 0.458 e. The van der Waals surface area contributed by atoms with Crippen LogP contribution in [-0.2, 0) is 45.1 Å². The minimum absolute atomic E-state index is 0.136. The van der Waals surface area contributed by atoms with Crippen LogP contribution in [0.15, 0.2) is 86.0 Å². The van der Waals surface area contributed by atoms with Crippen LogP contribution in [0, 0.1) is 0 Å². The van der Waals surface area contributed by atoms with Crippen LogP contribution in [-0.4, -0.2) is 11.9 Å². The lowest BCUT2D eigenvalue weighted by atomic mass is 10.1. The van der Waals surface area contributed by atoms with E-state index in [1.165, 1.54) is 0 Å². The van der Waals surface area contributed by atoms with Crippen LogP contribution in [0.1, 0.15) is 22.3 Å². The van der Waals surface area contributed by atoms with E-state index in [2.05, 4.69) is 13.2 Å². The van der Waals surface area contributed by atoms with Gasteiger partial charge in [-0.15, -0.1) is 13.2 Å². The van der Waals surface area contributed by atoms with Crippen molar-refractivity contribution in [2.24, 2.45) is 0 Å². The lowest BCUT2D eigenvalue weighted by Gasteiger charge is -2.08. The van der Waals surface area contributed by atoms with E-state index in [4.69, 9.17) is 9.47 Å². The maximum absolute atomic E-state index is 11.9. The number of ether oxygens (including phenoxy) is 2. The van der Waals surface area contributed by atoms with Gasteiger partial charge in [-0.25, -0.2) is 9.59 Å². The Kier molecular flexibility index (Phi) is 8.47. The summed E-state index contributed by atoms with van der Waals surface area (Å²) in [5.74, 6) is -1.20. The molecular weight excluding hydrogens is 352 g/mol. The fraction of sp³-hybridized carbons (Fsp3) is 0.167. The number of carbonyl (C=O) groups excluding carboxylic acids is 2. The molecular formula is C24H24O4. The highest BCUT2D eigenvalue weighted by atomic mass is 16.5. The molecule has 0 amide bonds. The molecule has 144 valence electrons. The summed E-state index contributed by atoms with van der Waals surface area (Å²) >= 11 is 0. The smallest absolute Gasteiger partial charge is 0.331 e. The summed E-state index contributed by atoms with van der Waals surface area (Å²) in [5.41, 5.74) is 3.91.